The molecule has 29 heavy (non-hydrogen) atoms. The zero-order valence-electron chi connectivity index (χ0n) is 15.5. The molecule has 1 heterocycles. The van der Waals surface area contributed by atoms with Gasteiger partial charge in [0.25, 0.3) is 0 Å². The molecule has 0 saturated carbocycles. The number of fused-ring (bicyclic) bond motifs is 1. The average Bonchev–Trinajstić information content (AvgIpc) is 2.92. The molecule has 0 bridgehead atoms. The Balaban J connectivity index is 1.88. The largest absolute Gasteiger partial charge is 0.476 e. The number of carbonyl (C=O) groups is 1. The van der Waals surface area contributed by atoms with Crippen LogP contribution in [0.25, 0.3) is 5.69 Å². The number of aromatic nitrogens is 2. The van der Waals surface area contributed by atoms with E-state index in [9.17, 15) is 9.90 Å². The van der Waals surface area contributed by atoms with E-state index < -0.39 is 5.97 Å². The summed E-state index contributed by atoms with van der Waals surface area (Å²) in [6, 6.07) is 13.0. The van der Waals surface area contributed by atoms with E-state index in [-0.39, 0.29) is 11.6 Å². The summed E-state index contributed by atoms with van der Waals surface area (Å²) >= 11 is 18.7. The lowest BCUT2D eigenvalue weighted by atomic mass is 9.91. The van der Waals surface area contributed by atoms with Gasteiger partial charge in [0.1, 0.15) is 0 Å². The molecule has 2 aromatic carbocycles. The van der Waals surface area contributed by atoms with Crippen LogP contribution < -0.4 is 0 Å². The maximum atomic E-state index is 11.9. The van der Waals surface area contributed by atoms with Gasteiger partial charge in [0.2, 0.25) is 0 Å². The first-order valence-electron chi connectivity index (χ1n) is 9.49. The fourth-order valence-electron chi connectivity index (χ4n) is 4.11. The third-order valence-corrected chi connectivity index (χ3v) is 6.12. The second-order valence-electron chi connectivity index (χ2n) is 7.30. The van der Waals surface area contributed by atoms with Crippen molar-refractivity contribution in [3.63, 3.8) is 0 Å². The molecule has 4 rings (SSSR count). The molecule has 1 aliphatic rings. The predicted molar refractivity (Wildman–Crippen MR) is 116 cm³/mol. The van der Waals surface area contributed by atoms with Crippen molar-refractivity contribution < 1.29 is 9.90 Å². The van der Waals surface area contributed by atoms with Crippen LogP contribution in [-0.2, 0) is 12.8 Å². The topological polar surface area (TPSA) is 55.1 Å². The third kappa shape index (κ3) is 4.16. The summed E-state index contributed by atoms with van der Waals surface area (Å²) in [5.41, 5.74) is 3.57. The Hall–Kier alpha value is -2.01. The van der Waals surface area contributed by atoms with Crippen molar-refractivity contribution in [1.82, 2.24) is 9.78 Å². The highest BCUT2D eigenvalue weighted by Gasteiger charge is 2.31. The molecule has 0 amide bonds. The highest BCUT2D eigenvalue weighted by Crippen LogP contribution is 2.38. The van der Waals surface area contributed by atoms with Gasteiger partial charge in [-0.2, -0.15) is 5.10 Å². The second kappa shape index (κ2) is 8.39. The third-order valence-electron chi connectivity index (χ3n) is 5.35. The molecule has 0 fully saturated rings. The summed E-state index contributed by atoms with van der Waals surface area (Å²) in [4.78, 5) is 11.9. The minimum absolute atomic E-state index is 0.101. The zero-order chi connectivity index (χ0) is 20.5. The molecule has 0 aliphatic heterocycles. The van der Waals surface area contributed by atoms with Crippen molar-refractivity contribution in [2.24, 2.45) is 0 Å². The molecule has 4 nitrogen and oxygen atoms in total. The number of carboxylic acid groups (broad SMARTS) is 1. The molecule has 0 unspecified atom stereocenters. The predicted octanol–water partition coefficient (Wildman–Crippen LogP) is 6.58. The van der Waals surface area contributed by atoms with Crippen molar-refractivity contribution in [3.05, 3.63) is 80.0 Å². The quantitative estimate of drug-likeness (QED) is 0.457. The Labute approximate surface area is 184 Å². The highest BCUT2D eigenvalue weighted by atomic mass is 35.5. The summed E-state index contributed by atoms with van der Waals surface area (Å²) in [5, 5.41) is 15.9. The van der Waals surface area contributed by atoms with Crippen molar-refractivity contribution >= 4 is 40.8 Å². The van der Waals surface area contributed by atoms with E-state index in [1.54, 1.807) is 22.9 Å². The number of carboxylic acids is 1. The Morgan fingerprint density at radius 3 is 2.62 bits per heavy atom. The Bertz CT molecular complexity index is 1080. The molecular weight excluding hydrogens is 431 g/mol. The first-order valence-corrected chi connectivity index (χ1v) is 10.6. The van der Waals surface area contributed by atoms with Crippen molar-refractivity contribution in [1.29, 1.82) is 0 Å². The smallest absolute Gasteiger partial charge is 0.356 e. The Morgan fingerprint density at radius 2 is 1.90 bits per heavy atom. The standard InChI is InChI=1S/C22H19Cl3N2O2/c23-15-6-3-4-13(11-15)10-14-5-1-2-7-17-20(22(28)29)26-27(21(14)17)19-9-8-16(24)12-18(19)25/h3-4,6,8-9,11-12,14H,1-2,5,7,10H2,(H,28,29)/t14-/m1/s1. The normalized spacial score (nSPS) is 16.3. The SMILES string of the molecule is O=C(O)c1nn(-c2ccc(Cl)cc2Cl)c2c1CCCC[C@@H]2Cc1cccc(Cl)c1. The van der Waals surface area contributed by atoms with Crippen LogP contribution in [0, 0.1) is 0 Å². The Morgan fingerprint density at radius 1 is 1.10 bits per heavy atom. The molecule has 0 radical (unpaired) electrons. The number of halogens is 3. The first-order chi connectivity index (χ1) is 13.9. The molecular formula is C22H19Cl3N2O2. The van der Waals surface area contributed by atoms with Crippen LogP contribution in [0.5, 0.6) is 0 Å². The van der Waals surface area contributed by atoms with E-state index in [0.717, 1.165) is 42.5 Å². The van der Waals surface area contributed by atoms with E-state index in [2.05, 4.69) is 5.10 Å². The van der Waals surface area contributed by atoms with Crippen molar-refractivity contribution in [3.8, 4) is 5.69 Å². The van der Waals surface area contributed by atoms with Crippen LogP contribution in [0.4, 0.5) is 0 Å². The van der Waals surface area contributed by atoms with E-state index in [1.807, 2.05) is 24.3 Å². The lowest BCUT2D eigenvalue weighted by molar-refractivity contribution is 0.0688. The van der Waals surface area contributed by atoms with Crippen LogP contribution in [0.2, 0.25) is 15.1 Å². The van der Waals surface area contributed by atoms with Crippen LogP contribution in [0.1, 0.15) is 52.5 Å². The highest BCUT2D eigenvalue weighted by molar-refractivity contribution is 6.35. The van der Waals surface area contributed by atoms with Crippen LogP contribution in [0.15, 0.2) is 42.5 Å². The molecule has 150 valence electrons. The maximum absolute atomic E-state index is 11.9. The molecule has 1 aliphatic carbocycles. The van der Waals surface area contributed by atoms with Gasteiger partial charge in [-0.25, -0.2) is 9.48 Å². The van der Waals surface area contributed by atoms with Crippen LogP contribution >= 0.6 is 34.8 Å². The summed E-state index contributed by atoms with van der Waals surface area (Å²) < 4.78 is 1.71. The van der Waals surface area contributed by atoms with Gasteiger partial charge in [-0.1, -0.05) is 53.4 Å². The monoisotopic (exact) mass is 448 g/mol. The van der Waals surface area contributed by atoms with Gasteiger partial charge >= 0.3 is 5.97 Å². The number of aromatic carboxylic acids is 1. The second-order valence-corrected chi connectivity index (χ2v) is 8.58. The molecule has 1 aromatic heterocycles. The van der Waals surface area contributed by atoms with Crippen molar-refractivity contribution in [2.75, 3.05) is 0 Å². The number of nitrogens with zero attached hydrogens (tertiary/aromatic N) is 2. The summed E-state index contributed by atoms with van der Waals surface area (Å²) in [5.74, 6) is -0.910. The van der Waals surface area contributed by atoms with E-state index >= 15 is 0 Å². The molecule has 1 N–H and O–H groups in total. The van der Waals surface area contributed by atoms with E-state index in [4.69, 9.17) is 34.8 Å². The maximum Gasteiger partial charge on any atom is 0.356 e. The minimum Gasteiger partial charge on any atom is -0.476 e. The summed E-state index contributed by atoms with van der Waals surface area (Å²) in [6.07, 6.45) is 4.33. The van der Waals surface area contributed by atoms with Gasteiger partial charge in [0.05, 0.1) is 16.4 Å². The number of benzene rings is 2. The molecule has 7 heteroatoms. The van der Waals surface area contributed by atoms with Crippen LogP contribution in [0.3, 0.4) is 0 Å². The number of rotatable bonds is 4. The van der Waals surface area contributed by atoms with Crippen molar-refractivity contribution in [2.45, 2.75) is 38.0 Å². The fraction of sp³-hybridized carbons (Fsp3) is 0.273. The van der Waals surface area contributed by atoms with Gasteiger partial charge in [-0.15, -0.1) is 0 Å². The van der Waals surface area contributed by atoms with Gasteiger partial charge in [0, 0.05) is 21.5 Å². The van der Waals surface area contributed by atoms with Gasteiger partial charge in [0.15, 0.2) is 5.69 Å². The number of hydrogen-bond donors (Lipinski definition) is 1. The van der Waals surface area contributed by atoms with E-state index in [0.29, 0.717) is 27.2 Å². The first kappa shape index (κ1) is 20.3. The molecule has 1 atom stereocenters. The lowest BCUT2D eigenvalue weighted by Gasteiger charge is -2.19. The van der Waals surface area contributed by atoms with Gasteiger partial charge in [-0.05, 0) is 61.6 Å². The lowest BCUT2D eigenvalue weighted by Crippen LogP contribution is -2.11. The summed E-state index contributed by atoms with van der Waals surface area (Å²) in [6.45, 7) is 0. The minimum atomic E-state index is -1.02. The molecule has 3 aromatic rings. The Kier molecular flexibility index (Phi) is 5.86. The number of hydrogen-bond acceptors (Lipinski definition) is 2. The zero-order valence-corrected chi connectivity index (χ0v) is 17.8. The summed E-state index contributed by atoms with van der Waals surface area (Å²) in [7, 11) is 0. The van der Waals surface area contributed by atoms with Crippen LogP contribution in [-0.4, -0.2) is 20.9 Å². The van der Waals surface area contributed by atoms with Gasteiger partial charge in [-0.3, -0.25) is 0 Å². The van der Waals surface area contributed by atoms with Gasteiger partial charge < -0.3 is 5.11 Å². The molecule has 0 spiro atoms. The van der Waals surface area contributed by atoms with E-state index in [1.165, 1.54) is 0 Å². The fourth-order valence-corrected chi connectivity index (χ4v) is 4.82. The molecule has 0 saturated heterocycles. The average molecular weight is 450 g/mol.